The van der Waals surface area contributed by atoms with E-state index in [4.69, 9.17) is 5.11 Å². The molecule has 0 saturated heterocycles. The number of nitrogens with one attached hydrogen (secondary N) is 1. The third-order valence-electron chi connectivity index (χ3n) is 2.99. The molecule has 0 spiro atoms. The standard InChI is InChI=1S/C15H15FN2O2/c1-9-6-14(13(8-17-9)15(19)20)18-10(2)11-4-3-5-12(16)7-11/h3-8,10H,1-2H3,(H,17,18)(H,19,20). The van der Waals surface area contributed by atoms with E-state index in [1.165, 1.54) is 18.3 Å². The Balaban J connectivity index is 2.29. The van der Waals surface area contributed by atoms with E-state index in [-0.39, 0.29) is 17.4 Å². The number of halogens is 1. The van der Waals surface area contributed by atoms with Crippen molar-refractivity contribution in [2.45, 2.75) is 19.9 Å². The van der Waals surface area contributed by atoms with E-state index in [1.807, 2.05) is 6.92 Å². The lowest BCUT2D eigenvalue weighted by atomic mass is 10.1. The molecule has 0 radical (unpaired) electrons. The van der Waals surface area contributed by atoms with Gasteiger partial charge in [-0.2, -0.15) is 0 Å². The van der Waals surface area contributed by atoms with Gasteiger partial charge in [0, 0.05) is 17.9 Å². The van der Waals surface area contributed by atoms with Crippen LogP contribution in [0.4, 0.5) is 10.1 Å². The Hall–Kier alpha value is -2.43. The number of anilines is 1. The second-order valence-corrected chi connectivity index (χ2v) is 4.60. The molecule has 0 amide bonds. The molecule has 0 aliphatic carbocycles. The van der Waals surface area contributed by atoms with Gasteiger partial charge in [0.05, 0.1) is 5.69 Å². The van der Waals surface area contributed by atoms with Crippen molar-refractivity contribution in [3.05, 3.63) is 59.2 Å². The summed E-state index contributed by atoms with van der Waals surface area (Å²) in [6.07, 6.45) is 1.32. The van der Waals surface area contributed by atoms with Crippen molar-refractivity contribution in [1.82, 2.24) is 4.98 Å². The molecule has 1 aromatic carbocycles. The summed E-state index contributed by atoms with van der Waals surface area (Å²) in [6, 6.07) is 7.65. The smallest absolute Gasteiger partial charge is 0.339 e. The molecule has 1 heterocycles. The van der Waals surface area contributed by atoms with Gasteiger partial charge < -0.3 is 10.4 Å². The first-order chi connectivity index (χ1) is 9.47. The molecule has 1 atom stereocenters. The molecule has 0 fully saturated rings. The van der Waals surface area contributed by atoms with Crippen molar-refractivity contribution in [3.63, 3.8) is 0 Å². The lowest BCUT2D eigenvalue weighted by Gasteiger charge is -2.17. The molecule has 104 valence electrons. The third kappa shape index (κ3) is 3.12. The van der Waals surface area contributed by atoms with Crippen molar-refractivity contribution in [3.8, 4) is 0 Å². The predicted octanol–water partition coefficient (Wildman–Crippen LogP) is 3.40. The van der Waals surface area contributed by atoms with Gasteiger partial charge in [-0.25, -0.2) is 9.18 Å². The van der Waals surface area contributed by atoms with E-state index in [9.17, 15) is 9.18 Å². The van der Waals surface area contributed by atoms with Crippen LogP contribution in [0.1, 0.15) is 34.6 Å². The summed E-state index contributed by atoms with van der Waals surface area (Å²) in [7, 11) is 0. The summed E-state index contributed by atoms with van der Waals surface area (Å²) < 4.78 is 13.2. The quantitative estimate of drug-likeness (QED) is 0.897. The normalized spacial score (nSPS) is 11.9. The number of hydrogen-bond donors (Lipinski definition) is 2. The summed E-state index contributed by atoms with van der Waals surface area (Å²) in [5, 5.41) is 12.2. The number of carboxylic acid groups (broad SMARTS) is 1. The summed E-state index contributed by atoms with van der Waals surface area (Å²) in [5.74, 6) is -1.37. The molecule has 20 heavy (non-hydrogen) atoms. The molecular formula is C15H15FN2O2. The highest BCUT2D eigenvalue weighted by atomic mass is 19.1. The average molecular weight is 274 g/mol. The van der Waals surface area contributed by atoms with Crippen LogP contribution in [0.3, 0.4) is 0 Å². The molecular weight excluding hydrogens is 259 g/mol. The minimum absolute atomic E-state index is 0.0962. The van der Waals surface area contributed by atoms with Crippen LogP contribution in [0, 0.1) is 12.7 Å². The highest BCUT2D eigenvalue weighted by molar-refractivity contribution is 5.93. The molecule has 4 nitrogen and oxygen atoms in total. The first-order valence-corrected chi connectivity index (χ1v) is 6.19. The number of nitrogens with zero attached hydrogens (tertiary/aromatic N) is 1. The molecule has 0 saturated carbocycles. The van der Waals surface area contributed by atoms with Crippen molar-refractivity contribution in [2.75, 3.05) is 5.32 Å². The Morgan fingerprint density at radius 2 is 2.15 bits per heavy atom. The van der Waals surface area contributed by atoms with Crippen LogP contribution in [0.5, 0.6) is 0 Å². The highest BCUT2D eigenvalue weighted by Gasteiger charge is 2.14. The Kier molecular flexibility index (Phi) is 3.98. The van der Waals surface area contributed by atoms with Gasteiger partial charge in [0.1, 0.15) is 11.4 Å². The summed E-state index contributed by atoms with van der Waals surface area (Å²) in [6.45, 7) is 3.62. The average Bonchev–Trinajstić information content (AvgIpc) is 2.38. The fourth-order valence-corrected chi connectivity index (χ4v) is 1.94. The minimum atomic E-state index is -1.05. The second kappa shape index (κ2) is 5.69. The van der Waals surface area contributed by atoms with E-state index in [0.717, 1.165) is 5.56 Å². The van der Waals surface area contributed by atoms with Gasteiger partial charge in [0.25, 0.3) is 0 Å². The Morgan fingerprint density at radius 3 is 2.80 bits per heavy atom. The van der Waals surface area contributed by atoms with Gasteiger partial charge in [0.15, 0.2) is 0 Å². The zero-order chi connectivity index (χ0) is 14.7. The molecule has 1 unspecified atom stereocenters. The van der Waals surface area contributed by atoms with E-state index < -0.39 is 5.97 Å². The van der Waals surface area contributed by atoms with Crippen molar-refractivity contribution >= 4 is 11.7 Å². The first-order valence-electron chi connectivity index (χ1n) is 6.19. The fourth-order valence-electron chi connectivity index (χ4n) is 1.94. The van der Waals surface area contributed by atoms with Gasteiger partial charge in [-0.3, -0.25) is 4.98 Å². The SMILES string of the molecule is Cc1cc(NC(C)c2cccc(F)c2)c(C(=O)O)cn1. The maximum atomic E-state index is 13.2. The first kappa shape index (κ1) is 14.0. The maximum Gasteiger partial charge on any atom is 0.339 e. The van der Waals surface area contributed by atoms with Gasteiger partial charge in [-0.15, -0.1) is 0 Å². The predicted molar refractivity (Wildman–Crippen MR) is 74.4 cm³/mol. The van der Waals surface area contributed by atoms with Crippen molar-refractivity contribution in [2.24, 2.45) is 0 Å². The monoisotopic (exact) mass is 274 g/mol. The van der Waals surface area contributed by atoms with Gasteiger partial charge >= 0.3 is 5.97 Å². The van der Waals surface area contributed by atoms with Crippen molar-refractivity contribution < 1.29 is 14.3 Å². The topological polar surface area (TPSA) is 62.2 Å². The number of hydrogen-bond acceptors (Lipinski definition) is 3. The zero-order valence-corrected chi connectivity index (χ0v) is 11.2. The minimum Gasteiger partial charge on any atom is -0.478 e. The summed E-state index contributed by atoms with van der Waals surface area (Å²) >= 11 is 0. The number of rotatable bonds is 4. The van der Waals surface area contributed by atoms with E-state index >= 15 is 0 Å². The third-order valence-corrected chi connectivity index (χ3v) is 2.99. The maximum absolute atomic E-state index is 13.2. The Morgan fingerprint density at radius 1 is 1.40 bits per heavy atom. The number of benzene rings is 1. The van der Waals surface area contributed by atoms with Crippen LogP contribution in [0.15, 0.2) is 36.5 Å². The summed E-state index contributed by atoms with van der Waals surface area (Å²) in [4.78, 5) is 15.1. The number of carbonyl (C=O) groups is 1. The van der Waals surface area contributed by atoms with Gasteiger partial charge in [0.2, 0.25) is 0 Å². The largest absolute Gasteiger partial charge is 0.478 e. The molecule has 1 aromatic heterocycles. The van der Waals surface area contributed by atoms with Crippen LogP contribution >= 0.6 is 0 Å². The number of aryl methyl sites for hydroxylation is 1. The van der Waals surface area contributed by atoms with Crippen LogP contribution in [0.25, 0.3) is 0 Å². The van der Waals surface area contributed by atoms with Crippen LogP contribution < -0.4 is 5.32 Å². The highest BCUT2D eigenvalue weighted by Crippen LogP contribution is 2.23. The number of aromatic nitrogens is 1. The lowest BCUT2D eigenvalue weighted by Crippen LogP contribution is -2.11. The molecule has 2 rings (SSSR count). The summed E-state index contributed by atoms with van der Waals surface area (Å²) in [5.41, 5.74) is 2.03. The van der Waals surface area contributed by atoms with Crippen molar-refractivity contribution in [1.29, 1.82) is 0 Å². The van der Waals surface area contributed by atoms with Crippen LogP contribution in [0.2, 0.25) is 0 Å². The number of aromatic carboxylic acids is 1. The number of carboxylic acids is 1. The molecule has 0 aliphatic heterocycles. The van der Waals surface area contributed by atoms with E-state index in [0.29, 0.717) is 11.4 Å². The van der Waals surface area contributed by atoms with Gasteiger partial charge in [-0.05, 0) is 37.6 Å². The number of pyridine rings is 1. The Bertz CT molecular complexity index is 644. The van der Waals surface area contributed by atoms with Crippen LogP contribution in [-0.4, -0.2) is 16.1 Å². The molecule has 2 N–H and O–H groups in total. The second-order valence-electron chi connectivity index (χ2n) is 4.60. The zero-order valence-electron chi connectivity index (χ0n) is 11.2. The van der Waals surface area contributed by atoms with E-state index in [2.05, 4.69) is 10.3 Å². The molecule has 5 heteroatoms. The molecule has 0 aliphatic rings. The Labute approximate surface area is 116 Å². The van der Waals surface area contributed by atoms with Crippen LogP contribution in [-0.2, 0) is 0 Å². The lowest BCUT2D eigenvalue weighted by molar-refractivity contribution is 0.0697. The fraction of sp³-hybridized carbons (Fsp3) is 0.200. The molecule has 0 bridgehead atoms. The van der Waals surface area contributed by atoms with Gasteiger partial charge in [-0.1, -0.05) is 12.1 Å². The molecule has 2 aromatic rings. The van der Waals surface area contributed by atoms with E-state index in [1.54, 1.807) is 25.1 Å².